The first-order chi connectivity index (χ1) is 25.3. The molecule has 0 aliphatic heterocycles. The van der Waals surface area contributed by atoms with E-state index in [-0.39, 0.29) is 43.8 Å². The molecule has 258 valence electrons. The van der Waals surface area contributed by atoms with Gasteiger partial charge in [-0.2, -0.15) is 0 Å². The monoisotopic (exact) mass is 691 g/mol. The Kier molecular flexibility index (Phi) is 12.5. The summed E-state index contributed by atoms with van der Waals surface area (Å²) < 4.78 is 20.9. The second-order valence-electron chi connectivity index (χ2n) is 11.0. The van der Waals surface area contributed by atoms with E-state index in [1.807, 2.05) is 36.4 Å². The first-order valence-corrected chi connectivity index (χ1v) is 16.1. The molecule has 0 spiro atoms. The highest BCUT2D eigenvalue weighted by atomic mass is 16.6. The number of esters is 2. The lowest BCUT2D eigenvalue weighted by Crippen LogP contribution is -2.11. The Balaban J connectivity index is 1.14. The van der Waals surface area contributed by atoms with Crippen LogP contribution in [0.25, 0.3) is 10.8 Å². The first kappa shape index (κ1) is 36.1. The second-order valence-corrected chi connectivity index (χ2v) is 11.0. The van der Waals surface area contributed by atoms with Gasteiger partial charge in [0, 0.05) is 40.0 Å². The lowest BCUT2D eigenvalue weighted by Gasteiger charge is -2.09. The fraction of sp³-hybridized carbons (Fsp3) is 0.0930. The van der Waals surface area contributed by atoms with Gasteiger partial charge in [-0.1, -0.05) is 49.0 Å². The third-order valence-electron chi connectivity index (χ3n) is 7.29. The zero-order valence-corrected chi connectivity index (χ0v) is 28.0. The Morgan fingerprint density at radius 1 is 0.577 bits per heavy atom. The molecular weight excluding hydrogens is 658 g/mol. The minimum atomic E-state index is -0.503. The number of carbonyl (C=O) groups excluding carboxylic acids is 3. The maximum Gasteiger partial charge on any atom is 0.330 e. The molecule has 0 aliphatic carbocycles. The third kappa shape index (κ3) is 10.6. The third-order valence-corrected chi connectivity index (χ3v) is 7.29. The van der Waals surface area contributed by atoms with Crippen LogP contribution < -0.4 is 14.8 Å². The van der Waals surface area contributed by atoms with E-state index in [2.05, 4.69) is 42.2 Å². The van der Waals surface area contributed by atoms with Gasteiger partial charge in [-0.3, -0.25) is 4.79 Å². The predicted molar refractivity (Wildman–Crippen MR) is 198 cm³/mol. The van der Waals surface area contributed by atoms with Gasteiger partial charge in [-0.15, -0.1) is 0 Å². The Hall–Kier alpha value is -7.23. The molecule has 0 radical (unpaired) electrons. The minimum absolute atomic E-state index is 0.112. The molecule has 1 amide bonds. The molecule has 9 heteroatoms. The number of phenols is 1. The smallest absolute Gasteiger partial charge is 0.330 e. The van der Waals surface area contributed by atoms with Crippen LogP contribution in [0.1, 0.15) is 32.6 Å². The number of hydrogen-bond acceptors (Lipinski definition) is 8. The van der Waals surface area contributed by atoms with Gasteiger partial charge in [0.1, 0.15) is 43.7 Å². The summed E-state index contributed by atoms with van der Waals surface area (Å²) >= 11 is 0. The number of amides is 1. The van der Waals surface area contributed by atoms with Crippen LogP contribution in [0.15, 0.2) is 128 Å². The van der Waals surface area contributed by atoms with Gasteiger partial charge in [0.05, 0.1) is 5.69 Å². The Morgan fingerprint density at radius 2 is 1.04 bits per heavy atom. The average molecular weight is 692 g/mol. The van der Waals surface area contributed by atoms with Crippen molar-refractivity contribution >= 4 is 34.3 Å². The number of fused-ring (bicyclic) bond motifs is 1. The van der Waals surface area contributed by atoms with Crippen molar-refractivity contribution < 1.29 is 38.4 Å². The Bertz CT molecular complexity index is 2230. The zero-order chi connectivity index (χ0) is 36.7. The average Bonchev–Trinajstić information content (AvgIpc) is 3.17. The SMILES string of the molecule is C=CC(=O)OCCOc1ccc(C#Cc2ccc(NC(=O)c3ccc4cc(C#Cc5ccc(OCCOC(=O)C=C)cc5)ccc4c3)c(O)c2)cc1. The molecule has 9 nitrogen and oxygen atoms in total. The van der Waals surface area contributed by atoms with E-state index in [4.69, 9.17) is 18.9 Å². The molecule has 0 saturated heterocycles. The molecule has 2 N–H and O–H groups in total. The number of ether oxygens (including phenoxy) is 4. The molecule has 5 aromatic carbocycles. The quantitative estimate of drug-likeness (QED) is 0.0482. The molecule has 0 unspecified atom stereocenters. The van der Waals surface area contributed by atoms with E-state index >= 15 is 0 Å². The van der Waals surface area contributed by atoms with E-state index in [9.17, 15) is 19.5 Å². The predicted octanol–water partition coefficient (Wildman–Crippen LogP) is 6.81. The van der Waals surface area contributed by atoms with Gasteiger partial charge in [0.2, 0.25) is 0 Å². The summed E-state index contributed by atoms with van der Waals surface area (Å²) in [6.07, 6.45) is 2.20. The molecular formula is C43H33NO8. The highest BCUT2D eigenvalue weighted by Crippen LogP contribution is 2.26. The minimum Gasteiger partial charge on any atom is -0.506 e. The molecule has 0 aliphatic rings. The molecule has 0 heterocycles. The number of rotatable bonds is 12. The van der Waals surface area contributed by atoms with Gasteiger partial charge < -0.3 is 29.4 Å². The topological polar surface area (TPSA) is 120 Å². The van der Waals surface area contributed by atoms with Crippen molar-refractivity contribution in [2.75, 3.05) is 31.7 Å². The van der Waals surface area contributed by atoms with Crippen LogP contribution in [0.2, 0.25) is 0 Å². The van der Waals surface area contributed by atoms with E-state index in [1.165, 1.54) is 6.07 Å². The van der Waals surface area contributed by atoms with Crippen molar-refractivity contribution in [3.05, 3.63) is 156 Å². The van der Waals surface area contributed by atoms with Gasteiger partial charge in [-0.25, -0.2) is 9.59 Å². The van der Waals surface area contributed by atoms with E-state index in [1.54, 1.807) is 60.7 Å². The summed E-state index contributed by atoms with van der Waals surface area (Å²) in [5.41, 5.74) is 3.61. The van der Waals surface area contributed by atoms with Crippen molar-refractivity contribution in [2.24, 2.45) is 0 Å². The van der Waals surface area contributed by atoms with Crippen LogP contribution in [0.3, 0.4) is 0 Å². The molecule has 0 saturated carbocycles. The van der Waals surface area contributed by atoms with E-state index in [0.717, 1.165) is 39.6 Å². The molecule has 52 heavy (non-hydrogen) atoms. The van der Waals surface area contributed by atoms with Crippen LogP contribution in [0.4, 0.5) is 5.69 Å². The van der Waals surface area contributed by atoms with Crippen molar-refractivity contribution in [1.29, 1.82) is 0 Å². The molecule has 0 atom stereocenters. The number of anilines is 1. The van der Waals surface area contributed by atoms with Crippen molar-refractivity contribution in [1.82, 2.24) is 0 Å². The lowest BCUT2D eigenvalue weighted by molar-refractivity contribution is -0.139. The van der Waals surface area contributed by atoms with Gasteiger partial charge in [-0.05, 0) is 102 Å². The Labute approximate surface area is 301 Å². The largest absolute Gasteiger partial charge is 0.506 e. The first-order valence-electron chi connectivity index (χ1n) is 16.1. The fourth-order valence-corrected chi connectivity index (χ4v) is 4.65. The van der Waals surface area contributed by atoms with Crippen LogP contribution in [-0.4, -0.2) is 49.4 Å². The van der Waals surface area contributed by atoms with Crippen LogP contribution in [-0.2, 0) is 19.1 Å². The summed E-state index contributed by atoms with van der Waals surface area (Å²) in [7, 11) is 0. The van der Waals surface area contributed by atoms with Gasteiger partial charge >= 0.3 is 11.9 Å². The maximum atomic E-state index is 13.1. The second kappa shape index (κ2) is 18.0. The normalized spacial score (nSPS) is 10.0. The van der Waals surface area contributed by atoms with Crippen LogP contribution in [0, 0.1) is 23.7 Å². The summed E-state index contributed by atoms with van der Waals surface area (Å²) in [5, 5.41) is 15.2. The maximum absolute atomic E-state index is 13.1. The standard InChI is InChI=1S/C43H33NO8/c1-3-41(46)51-25-23-49-37-18-10-30(11-19-37)5-7-32-9-15-35-29-36(17-16-34(35)27-32)43(48)44-39-22-14-33(28-40(39)45)8-6-31-12-20-38(21-13-31)50-24-26-52-42(47)4-2/h3-4,9-22,27-29,45H,1-2,23-26H2,(H,44,48). The van der Waals surface area contributed by atoms with Crippen LogP contribution >= 0.6 is 0 Å². The van der Waals surface area contributed by atoms with E-state index in [0.29, 0.717) is 22.6 Å². The number of carbonyl (C=O) groups is 3. The summed E-state index contributed by atoms with van der Waals surface area (Å²) in [5.74, 6) is 12.1. The highest BCUT2D eigenvalue weighted by Gasteiger charge is 2.11. The summed E-state index contributed by atoms with van der Waals surface area (Å²) in [6, 6.07) is 30.3. The number of benzene rings is 5. The zero-order valence-electron chi connectivity index (χ0n) is 28.0. The number of phenolic OH excluding ortho intramolecular Hbond substituents is 1. The highest BCUT2D eigenvalue weighted by molar-refractivity contribution is 6.07. The molecule has 5 aromatic rings. The van der Waals surface area contributed by atoms with E-state index < -0.39 is 11.9 Å². The molecule has 0 bridgehead atoms. The van der Waals surface area contributed by atoms with Crippen molar-refractivity contribution in [2.45, 2.75) is 0 Å². The lowest BCUT2D eigenvalue weighted by atomic mass is 10.0. The van der Waals surface area contributed by atoms with Crippen molar-refractivity contribution in [3.8, 4) is 40.9 Å². The molecule has 0 fully saturated rings. The summed E-state index contributed by atoms with van der Waals surface area (Å²) in [4.78, 5) is 35.2. The van der Waals surface area contributed by atoms with Gasteiger partial charge in [0.25, 0.3) is 5.91 Å². The number of hydrogen-bond donors (Lipinski definition) is 2. The van der Waals surface area contributed by atoms with Crippen LogP contribution in [0.5, 0.6) is 17.2 Å². The number of nitrogens with one attached hydrogen (secondary N) is 1. The fourth-order valence-electron chi connectivity index (χ4n) is 4.65. The Morgan fingerprint density at radius 3 is 1.58 bits per heavy atom. The number of aromatic hydroxyl groups is 1. The summed E-state index contributed by atoms with van der Waals surface area (Å²) in [6.45, 7) is 7.37. The molecule has 0 aromatic heterocycles. The van der Waals surface area contributed by atoms with Crippen molar-refractivity contribution in [3.63, 3.8) is 0 Å². The van der Waals surface area contributed by atoms with Gasteiger partial charge in [0.15, 0.2) is 0 Å². The molecule has 5 rings (SSSR count).